The first kappa shape index (κ1) is 20.2. The van der Waals surface area contributed by atoms with Crippen LogP contribution >= 0.6 is 0 Å². The zero-order chi connectivity index (χ0) is 19.5. The fourth-order valence-electron chi connectivity index (χ4n) is 2.82. The van der Waals surface area contributed by atoms with Gasteiger partial charge in [0.2, 0.25) is 5.91 Å². The van der Waals surface area contributed by atoms with Crippen LogP contribution in [0.15, 0.2) is 12.4 Å². The number of nitrogens with one attached hydrogen (secondary N) is 1. The van der Waals surface area contributed by atoms with Gasteiger partial charge in [0.05, 0.1) is 24.4 Å². The van der Waals surface area contributed by atoms with Crippen LogP contribution < -0.4 is 5.32 Å². The van der Waals surface area contributed by atoms with Crippen molar-refractivity contribution in [3.8, 4) is 0 Å². The van der Waals surface area contributed by atoms with E-state index >= 15 is 0 Å². The van der Waals surface area contributed by atoms with Crippen LogP contribution in [-0.2, 0) is 16.1 Å². The van der Waals surface area contributed by atoms with Crippen molar-refractivity contribution in [1.29, 1.82) is 0 Å². The molecule has 1 aliphatic heterocycles. The Balaban J connectivity index is 1.97. The van der Waals surface area contributed by atoms with Crippen LogP contribution in [0, 0.1) is 6.92 Å². The predicted molar refractivity (Wildman–Crippen MR) is 93.3 cm³/mol. The molecule has 1 aliphatic rings. The highest BCUT2D eigenvalue weighted by atomic mass is 16.6. The van der Waals surface area contributed by atoms with Gasteiger partial charge in [-0.05, 0) is 39.7 Å². The highest BCUT2D eigenvalue weighted by Crippen LogP contribution is 2.15. The normalized spacial score (nSPS) is 24.1. The Hall–Kier alpha value is -2.13. The standard InChI is InChI=1S/C17H28N4O5/c1-11-6-18-21(7-11)10-15(24)20-8-12(22)5-13(14(23)9-20)19-16(25)26-17(2,3)4/h6-7,12-14,22-23H,5,8-10H2,1-4H3,(H,19,25)/t12-,13-,14-/m1/s1. The third-order valence-electron chi connectivity index (χ3n) is 3.94. The summed E-state index contributed by atoms with van der Waals surface area (Å²) < 4.78 is 6.70. The molecule has 2 heterocycles. The van der Waals surface area contributed by atoms with Crippen molar-refractivity contribution in [1.82, 2.24) is 20.0 Å². The molecule has 26 heavy (non-hydrogen) atoms. The summed E-state index contributed by atoms with van der Waals surface area (Å²) in [6.45, 7) is 7.21. The molecule has 3 N–H and O–H groups in total. The van der Waals surface area contributed by atoms with Crippen LogP contribution in [0.5, 0.6) is 0 Å². The number of amides is 2. The van der Waals surface area contributed by atoms with Crippen LogP contribution in [0.1, 0.15) is 32.8 Å². The highest BCUT2D eigenvalue weighted by Gasteiger charge is 2.33. The van der Waals surface area contributed by atoms with Gasteiger partial charge in [0.15, 0.2) is 0 Å². The molecule has 3 atom stereocenters. The number of aromatic nitrogens is 2. The first-order valence-electron chi connectivity index (χ1n) is 8.66. The van der Waals surface area contributed by atoms with E-state index in [9.17, 15) is 19.8 Å². The molecular formula is C17H28N4O5. The van der Waals surface area contributed by atoms with E-state index in [-0.39, 0.29) is 32.0 Å². The van der Waals surface area contributed by atoms with Gasteiger partial charge in [-0.1, -0.05) is 0 Å². The van der Waals surface area contributed by atoms with Crippen molar-refractivity contribution in [2.75, 3.05) is 13.1 Å². The maximum Gasteiger partial charge on any atom is 0.407 e. The molecule has 9 heteroatoms. The molecule has 0 saturated carbocycles. The summed E-state index contributed by atoms with van der Waals surface area (Å²) in [5, 5.41) is 27.3. The van der Waals surface area contributed by atoms with E-state index in [1.807, 2.05) is 6.92 Å². The van der Waals surface area contributed by atoms with Crippen LogP contribution in [0.4, 0.5) is 4.79 Å². The second-order valence-electron chi connectivity index (χ2n) is 7.72. The van der Waals surface area contributed by atoms with Gasteiger partial charge in [-0.2, -0.15) is 5.10 Å². The first-order chi connectivity index (χ1) is 12.0. The monoisotopic (exact) mass is 368 g/mol. The molecule has 1 saturated heterocycles. The molecule has 1 fully saturated rings. The van der Waals surface area contributed by atoms with Crippen molar-refractivity contribution in [2.24, 2.45) is 0 Å². The van der Waals surface area contributed by atoms with Gasteiger partial charge in [-0.25, -0.2) is 4.79 Å². The van der Waals surface area contributed by atoms with Crippen molar-refractivity contribution in [3.05, 3.63) is 18.0 Å². The number of nitrogens with zero attached hydrogens (tertiary/aromatic N) is 3. The van der Waals surface area contributed by atoms with Gasteiger partial charge in [-0.3, -0.25) is 9.48 Å². The molecule has 1 aromatic rings. The second-order valence-corrected chi connectivity index (χ2v) is 7.72. The summed E-state index contributed by atoms with van der Waals surface area (Å²) in [6, 6.07) is -0.704. The minimum Gasteiger partial charge on any atom is -0.444 e. The molecule has 2 amide bonds. The Kier molecular flexibility index (Phi) is 6.25. The molecule has 0 radical (unpaired) electrons. The van der Waals surface area contributed by atoms with Crippen molar-refractivity contribution >= 4 is 12.0 Å². The van der Waals surface area contributed by atoms with E-state index in [2.05, 4.69) is 10.4 Å². The van der Waals surface area contributed by atoms with Crippen LogP contribution in [0.2, 0.25) is 0 Å². The summed E-state index contributed by atoms with van der Waals surface area (Å²) in [4.78, 5) is 25.8. The van der Waals surface area contributed by atoms with Gasteiger partial charge < -0.3 is 25.2 Å². The predicted octanol–water partition coefficient (Wildman–Crippen LogP) is 0.0389. The average molecular weight is 368 g/mol. The molecule has 146 valence electrons. The third-order valence-corrected chi connectivity index (χ3v) is 3.94. The number of carbonyl (C=O) groups excluding carboxylic acids is 2. The van der Waals surface area contributed by atoms with E-state index in [1.54, 1.807) is 33.2 Å². The van der Waals surface area contributed by atoms with Crippen LogP contribution in [-0.4, -0.2) is 73.8 Å². The van der Waals surface area contributed by atoms with E-state index < -0.39 is 29.9 Å². The number of likely N-dealkylation sites (tertiary alicyclic amines) is 1. The van der Waals surface area contributed by atoms with Crippen LogP contribution in [0.3, 0.4) is 0 Å². The average Bonchev–Trinajstić information content (AvgIpc) is 2.82. The first-order valence-corrected chi connectivity index (χ1v) is 8.66. The number of alkyl carbamates (subject to hydrolysis) is 1. The van der Waals surface area contributed by atoms with Gasteiger partial charge in [0.1, 0.15) is 12.1 Å². The smallest absolute Gasteiger partial charge is 0.407 e. The van der Waals surface area contributed by atoms with E-state index in [4.69, 9.17) is 4.74 Å². The van der Waals surface area contributed by atoms with E-state index in [0.29, 0.717) is 0 Å². The van der Waals surface area contributed by atoms with Crippen molar-refractivity contribution < 1.29 is 24.5 Å². The fraction of sp³-hybridized carbons (Fsp3) is 0.706. The lowest BCUT2D eigenvalue weighted by Gasteiger charge is -2.26. The lowest BCUT2D eigenvalue weighted by molar-refractivity contribution is -0.134. The summed E-state index contributed by atoms with van der Waals surface area (Å²) in [7, 11) is 0. The largest absolute Gasteiger partial charge is 0.444 e. The minimum atomic E-state index is -1.01. The number of ether oxygens (including phenoxy) is 1. The van der Waals surface area contributed by atoms with E-state index in [1.165, 1.54) is 9.58 Å². The zero-order valence-electron chi connectivity index (χ0n) is 15.7. The number of aliphatic hydroxyl groups is 2. The molecule has 9 nitrogen and oxygen atoms in total. The number of rotatable bonds is 3. The third kappa shape index (κ3) is 5.99. The van der Waals surface area contributed by atoms with Crippen molar-refractivity contribution in [3.63, 3.8) is 0 Å². The van der Waals surface area contributed by atoms with Crippen LogP contribution in [0.25, 0.3) is 0 Å². The molecule has 1 aromatic heterocycles. The quantitative estimate of drug-likeness (QED) is 0.693. The Morgan fingerprint density at radius 3 is 2.62 bits per heavy atom. The number of hydrogen-bond donors (Lipinski definition) is 3. The topological polar surface area (TPSA) is 117 Å². The maximum atomic E-state index is 12.5. The Morgan fingerprint density at radius 1 is 1.35 bits per heavy atom. The Morgan fingerprint density at radius 2 is 2.04 bits per heavy atom. The fourth-order valence-corrected chi connectivity index (χ4v) is 2.82. The van der Waals surface area contributed by atoms with Gasteiger partial charge in [0.25, 0.3) is 0 Å². The van der Waals surface area contributed by atoms with Gasteiger partial charge in [-0.15, -0.1) is 0 Å². The Labute approximate surface area is 152 Å². The van der Waals surface area contributed by atoms with E-state index in [0.717, 1.165) is 5.56 Å². The summed E-state index contributed by atoms with van der Waals surface area (Å²) in [6.07, 6.45) is 0.986. The number of hydrogen-bond acceptors (Lipinski definition) is 6. The SMILES string of the molecule is Cc1cnn(CC(=O)N2C[C@H](O)C[C@@H](NC(=O)OC(C)(C)C)[C@H](O)C2)c1. The molecule has 0 aromatic carbocycles. The number of carbonyl (C=O) groups is 2. The minimum absolute atomic E-state index is 0.0105. The molecule has 2 rings (SSSR count). The van der Waals surface area contributed by atoms with Crippen molar-refractivity contribution in [2.45, 2.75) is 64.5 Å². The molecule has 0 unspecified atom stereocenters. The summed E-state index contributed by atoms with van der Waals surface area (Å²) in [5.74, 6) is -0.260. The number of aliphatic hydroxyl groups excluding tert-OH is 2. The lowest BCUT2D eigenvalue weighted by Crippen LogP contribution is -2.48. The maximum absolute atomic E-state index is 12.5. The van der Waals surface area contributed by atoms with Gasteiger partial charge >= 0.3 is 6.09 Å². The van der Waals surface area contributed by atoms with Gasteiger partial charge in [0, 0.05) is 19.3 Å². The molecular weight excluding hydrogens is 340 g/mol. The zero-order valence-corrected chi connectivity index (χ0v) is 15.7. The number of aryl methyl sites for hydroxylation is 1. The Bertz CT molecular complexity index is 639. The molecule has 0 bridgehead atoms. The molecule has 0 aliphatic carbocycles. The summed E-state index contributed by atoms with van der Waals surface area (Å²) in [5.41, 5.74) is 0.276. The lowest BCUT2D eigenvalue weighted by atomic mass is 10.1. The highest BCUT2D eigenvalue weighted by molar-refractivity contribution is 5.76. The second kappa shape index (κ2) is 8.05. The summed E-state index contributed by atoms with van der Waals surface area (Å²) >= 11 is 0. The number of β-amino-alcohol motifs (C(OH)–C–C–N with tert-alkyl or cyclic N) is 2. The molecule has 0 spiro atoms.